The molecule has 0 spiro atoms. The van der Waals surface area contributed by atoms with Crippen LogP contribution in [-0.4, -0.2) is 5.11 Å². The van der Waals surface area contributed by atoms with Crippen molar-refractivity contribution >= 4 is 15.9 Å². The van der Waals surface area contributed by atoms with Gasteiger partial charge in [-0.15, -0.1) is 0 Å². The molecule has 1 atom stereocenters. The van der Waals surface area contributed by atoms with E-state index in [1.165, 1.54) is 16.7 Å². The molecule has 2 rings (SSSR count). The fourth-order valence-corrected chi connectivity index (χ4v) is 2.40. The minimum Gasteiger partial charge on any atom is -0.388 e. The van der Waals surface area contributed by atoms with Gasteiger partial charge in [0.1, 0.15) is 0 Å². The number of benzene rings is 2. The highest BCUT2D eigenvalue weighted by Crippen LogP contribution is 2.22. The van der Waals surface area contributed by atoms with Crippen molar-refractivity contribution in [3.8, 4) is 0 Å². The van der Waals surface area contributed by atoms with Gasteiger partial charge < -0.3 is 5.11 Å². The monoisotopic (exact) mass is 304 g/mol. The van der Waals surface area contributed by atoms with Gasteiger partial charge in [0.05, 0.1) is 6.10 Å². The Labute approximate surface area is 117 Å². The SMILES string of the molecule is Cc1ccc(CC(O)c2cccc(Br)c2)cc1C. The Bertz CT molecular complexity index is 549. The van der Waals surface area contributed by atoms with Crippen molar-refractivity contribution in [1.82, 2.24) is 0 Å². The smallest absolute Gasteiger partial charge is 0.0830 e. The predicted octanol–water partition coefficient (Wildman–Crippen LogP) is 4.34. The highest BCUT2D eigenvalue weighted by Gasteiger charge is 2.09. The first-order valence-corrected chi connectivity index (χ1v) is 6.85. The van der Waals surface area contributed by atoms with Gasteiger partial charge in [0.25, 0.3) is 0 Å². The van der Waals surface area contributed by atoms with Crippen LogP contribution in [0.1, 0.15) is 28.4 Å². The first-order valence-electron chi connectivity index (χ1n) is 6.06. The highest BCUT2D eigenvalue weighted by molar-refractivity contribution is 9.10. The minimum absolute atomic E-state index is 0.454. The molecule has 0 aliphatic rings. The summed E-state index contributed by atoms with van der Waals surface area (Å²) in [4.78, 5) is 0. The molecule has 0 saturated heterocycles. The fraction of sp³-hybridized carbons (Fsp3) is 0.250. The Morgan fingerprint density at radius 3 is 2.50 bits per heavy atom. The van der Waals surface area contributed by atoms with Crippen molar-refractivity contribution in [2.24, 2.45) is 0 Å². The van der Waals surface area contributed by atoms with Gasteiger partial charge >= 0.3 is 0 Å². The molecule has 0 amide bonds. The van der Waals surface area contributed by atoms with Crippen molar-refractivity contribution in [3.63, 3.8) is 0 Å². The summed E-state index contributed by atoms with van der Waals surface area (Å²) in [5.74, 6) is 0. The van der Waals surface area contributed by atoms with E-state index >= 15 is 0 Å². The molecule has 18 heavy (non-hydrogen) atoms. The summed E-state index contributed by atoms with van der Waals surface area (Å²) in [5, 5.41) is 10.2. The van der Waals surface area contributed by atoms with Crippen molar-refractivity contribution < 1.29 is 5.11 Å². The highest BCUT2D eigenvalue weighted by atomic mass is 79.9. The number of hydrogen-bond acceptors (Lipinski definition) is 1. The van der Waals surface area contributed by atoms with Crippen LogP contribution in [0.2, 0.25) is 0 Å². The first kappa shape index (κ1) is 13.3. The van der Waals surface area contributed by atoms with Crippen LogP contribution in [0, 0.1) is 13.8 Å². The van der Waals surface area contributed by atoms with Crippen molar-refractivity contribution in [2.75, 3.05) is 0 Å². The third-order valence-corrected chi connectivity index (χ3v) is 3.73. The molecule has 1 unspecified atom stereocenters. The summed E-state index contributed by atoms with van der Waals surface area (Å²) < 4.78 is 0.999. The Morgan fingerprint density at radius 1 is 1.06 bits per heavy atom. The molecule has 0 radical (unpaired) electrons. The molecule has 0 heterocycles. The molecular weight excluding hydrogens is 288 g/mol. The maximum atomic E-state index is 10.2. The van der Waals surface area contributed by atoms with E-state index in [4.69, 9.17) is 0 Å². The molecule has 0 bridgehead atoms. The Morgan fingerprint density at radius 2 is 1.83 bits per heavy atom. The number of rotatable bonds is 3. The standard InChI is InChI=1S/C16H17BrO/c1-11-6-7-13(8-12(11)2)9-16(18)14-4-3-5-15(17)10-14/h3-8,10,16,18H,9H2,1-2H3. The zero-order chi connectivity index (χ0) is 13.1. The average molecular weight is 305 g/mol. The number of aliphatic hydroxyl groups excluding tert-OH is 1. The van der Waals surface area contributed by atoms with Crippen LogP contribution in [0.3, 0.4) is 0 Å². The zero-order valence-corrected chi connectivity index (χ0v) is 12.2. The molecule has 0 saturated carbocycles. The van der Waals surface area contributed by atoms with Gasteiger partial charge in [-0.05, 0) is 48.2 Å². The number of aliphatic hydroxyl groups is 1. The van der Waals surface area contributed by atoms with Crippen LogP contribution >= 0.6 is 15.9 Å². The van der Waals surface area contributed by atoms with E-state index in [0.717, 1.165) is 10.0 Å². The first-order chi connectivity index (χ1) is 8.56. The second-order valence-electron chi connectivity index (χ2n) is 4.69. The molecule has 1 N–H and O–H groups in total. The van der Waals surface area contributed by atoms with Crippen molar-refractivity contribution in [1.29, 1.82) is 0 Å². The summed E-state index contributed by atoms with van der Waals surface area (Å²) in [6, 6.07) is 14.2. The molecular formula is C16H17BrO. The maximum absolute atomic E-state index is 10.2. The van der Waals surface area contributed by atoms with E-state index in [2.05, 4.69) is 48.0 Å². The third-order valence-electron chi connectivity index (χ3n) is 3.23. The Kier molecular flexibility index (Phi) is 4.20. The maximum Gasteiger partial charge on any atom is 0.0830 e. The zero-order valence-electron chi connectivity index (χ0n) is 10.7. The van der Waals surface area contributed by atoms with E-state index in [0.29, 0.717) is 6.42 Å². The van der Waals surface area contributed by atoms with Crippen LogP contribution in [0.15, 0.2) is 46.9 Å². The van der Waals surface area contributed by atoms with E-state index in [1.54, 1.807) is 0 Å². The largest absolute Gasteiger partial charge is 0.388 e. The molecule has 0 aliphatic carbocycles. The summed E-state index contributed by atoms with van der Waals surface area (Å²) >= 11 is 3.43. The van der Waals surface area contributed by atoms with Gasteiger partial charge in [-0.25, -0.2) is 0 Å². The molecule has 94 valence electrons. The van der Waals surface area contributed by atoms with E-state index < -0.39 is 6.10 Å². The Hall–Kier alpha value is -1.12. The molecule has 2 heteroatoms. The van der Waals surface area contributed by atoms with Crippen molar-refractivity contribution in [2.45, 2.75) is 26.4 Å². The summed E-state index contributed by atoms with van der Waals surface area (Å²) in [6.07, 6.45) is 0.196. The van der Waals surface area contributed by atoms with Gasteiger partial charge in [-0.1, -0.05) is 46.3 Å². The lowest BCUT2D eigenvalue weighted by atomic mass is 9.98. The van der Waals surface area contributed by atoms with Gasteiger partial charge in [0.15, 0.2) is 0 Å². The summed E-state index contributed by atoms with van der Waals surface area (Å²) in [6.45, 7) is 4.20. The molecule has 0 aliphatic heterocycles. The minimum atomic E-state index is -0.454. The second-order valence-corrected chi connectivity index (χ2v) is 5.61. The van der Waals surface area contributed by atoms with Crippen LogP contribution < -0.4 is 0 Å². The van der Waals surface area contributed by atoms with E-state index in [1.807, 2.05) is 24.3 Å². The normalized spacial score (nSPS) is 12.4. The van der Waals surface area contributed by atoms with Gasteiger partial charge in [-0.2, -0.15) is 0 Å². The van der Waals surface area contributed by atoms with Crippen LogP contribution in [0.25, 0.3) is 0 Å². The van der Waals surface area contributed by atoms with E-state index in [-0.39, 0.29) is 0 Å². The summed E-state index contributed by atoms with van der Waals surface area (Å²) in [7, 11) is 0. The van der Waals surface area contributed by atoms with E-state index in [9.17, 15) is 5.11 Å². The predicted molar refractivity (Wildman–Crippen MR) is 78.7 cm³/mol. The van der Waals surface area contributed by atoms with Gasteiger partial charge in [-0.3, -0.25) is 0 Å². The molecule has 0 aromatic heterocycles. The quantitative estimate of drug-likeness (QED) is 0.894. The molecule has 1 nitrogen and oxygen atoms in total. The fourth-order valence-electron chi connectivity index (χ4n) is 1.99. The molecule has 2 aromatic carbocycles. The van der Waals surface area contributed by atoms with Gasteiger partial charge in [0, 0.05) is 10.9 Å². The number of aryl methyl sites for hydroxylation is 2. The van der Waals surface area contributed by atoms with Crippen LogP contribution in [0.4, 0.5) is 0 Å². The topological polar surface area (TPSA) is 20.2 Å². The molecule has 2 aromatic rings. The Balaban J connectivity index is 2.16. The lowest BCUT2D eigenvalue weighted by Crippen LogP contribution is -2.02. The lowest BCUT2D eigenvalue weighted by Gasteiger charge is -2.12. The third kappa shape index (κ3) is 3.21. The van der Waals surface area contributed by atoms with Gasteiger partial charge in [0.2, 0.25) is 0 Å². The number of halogens is 1. The summed E-state index contributed by atoms with van der Waals surface area (Å²) in [5.41, 5.74) is 4.68. The average Bonchev–Trinajstić information content (AvgIpc) is 2.34. The second kappa shape index (κ2) is 5.68. The lowest BCUT2D eigenvalue weighted by molar-refractivity contribution is 0.178. The number of hydrogen-bond donors (Lipinski definition) is 1. The molecule has 0 fully saturated rings. The van der Waals surface area contributed by atoms with Crippen LogP contribution in [0.5, 0.6) is 0 Å². The van der Waals surface area contributed by atoms with Crippen LogP contribution in [-0.2, 0) is 6.42 Å². The van der Waals surface area contributed by atoms with Crippen molar-refractivity contribution in [3.05, 3.63) is 69.2 Å².